The molecule has 0 aliphatic carbocycles. The predicted octanol–water partition coefficient (Wildman–Crippen LogP) is 5.16. The topological polar surface area (TPSA) is 12.0 Å². The highest BCUT2D eigenvalue weighted by molar-refractivity contribution is 9.10. The summed E-state index contributed by atoms with van der Waals surface area (Å²) in [5, 5.41) is 3.42. The Morgan fingerprint density at radius 1 is 1.20 bits per heavy atom. The van der Waals surface area contributed by atoms with E-state index in [1.54, 1.807) is 23.9 Å². The van der Waals surface area contributed by atoms with E-state index in [0.29, 0.717) is 6.54 Å². The van der Waals surface area contributed by atoms with Crippen LogP contribution in [0.1, 0.15) is 24.1 Å². The van der Waals surface area contributed by atoms with E-state index in [2.05, 4.69) is 58.7 Å². The molecule has 0 aliphatic heterocycles. The molecule has 0 fully saturated rings. The number of nitrogens with one attached hydrogen (secondary N) is 1. The van der Waals surface area contributed by atoms with Gasteiger partial charge in [0.05, 0.1) is 0 Å². The van der Waals surface area contributed by atoms with Crippen LogP contribution >= 0.6 is 27.7 Å². The largest absolute Gasteiger partial charge is 0.306 e. The van der Waals surface area contributed by atoms with E-state index in [0.717, 1.165) is 10.0 Å². The van der Waals surface area contributed by atoms with Gasteiger partial charge in [-0.1, -0.05) is 28.1 Å². The van der Waals surface area contributed by atoms with E-state index in [-0.39, 0.29) is 11.9 Å². The molecule has 2 aromatic carbocycles. The Bertz CT molecular complexity index is 571. The van der Waals surface area contributed by atoms with Gasteiger partial charge in [-0.05, 0) is 54.6 Å². The lowest BCUT2D eigenvalue weighted by atomic mass is 10.1. The molecular weight excluding hydrogens is 337 g/mol. The van der Waals surface area contributed by atoms with Crippen molar-refractivity contribution in [3.63, 3.8) is 0 Å². The minimum atomic E-state index is -0.207. The first kappa shape index (κ1) is 15.5. The van der Waals surface area contributed by atoms with Crippen molar-refractivity contribution in [2.24, 2.45) is 0 Å². The van der Waals surface area contributed by atoms with Crippen molar-refractivity contribution >= 4 is 27.7 Å². The van der Waals surface area contributed by atoms with Crippen LogP contribution in [0.4, 0.5) is 4.39 Å². The highest BCUT2D eigenvalue weighted by Gasteiger charge is 2.07. The maximum atomic E-state index is 13.2. The Kier molecular flexibility index (Phi) is 5.64. The highest BCUT2D eigenvalue weighted by atomic mass is 79.9. The molecule has 1 atom stereocenters. The smallest absolute Gasteiger partial charge is 0.123 e. The third-order valence-corrected chi connectivity index (χ3v) is 4.74. The van der Waals surface area contributed by atoms with Gasteiger partial charge in [0, 0.05) is 22.0 Å². The van der Waals surface area contributed by atoms with Crippen LogP contribution in [0.3, 0.4) is 0 Å². The minimum absolute atomic E-state index is 0.207. The fourth-order valence-corrected chi connectivity index (χ4v) is 2.75. The van der Waals surface area contributed by atoms with E-state index in [4.69, 9.17) is 0 Å². The second-order valence-corrected chi connectivity index (χ2v) is 6.35. The third kappa shape index (κ3) is 4.08. The molecule has 0 saturated heterocycles. The highest BCUT2D eigenvalue weighted by Crippen LogP contribution is 2.21. The van der Waals surface area contributed by atoms with Crippen molar-refractivity contribution in [1.82, 2.24) is 5.32 Å². The van der Waals surface area contributed by atoms with Gasteiger partial charge < -0.3 is 5.32 Å². The Balaban J connectivity index is 2.00. The number of benzene rings is 2. The van der Waals surface area contributed by atoms with Crippen LogP contribution in [-0.4, -0.2) is 6.26 Å². The molecule has 0 aromatic heterocycles. The first-order chi connectivity index (χ1) is 9.60. The monoisotopic (exact) mass is 353 g/mol. The summed E-state index contributed by atoms with van der Waals surface area (Å²) >= 11 is 5.18. The molecule has 106 valence electrons. The maximum absolute atomic E-state index is 13.2. The molecule has 0 spiro atoms. The summed E-state index contributed by atoms with van der Waals surface area (Å²) in [6, 6.07) is 13.5. The van der Waals surface area contributed by atoms with Crippen molar-refractivity contribution < 1.29 is 4.39 Å². The summed E-state index contributed by atoms with van der Waals surface area (Å²) in [6.07, 6.45) is 2.07. The molecule has 0 amide bonds. The zero-order valence-electron chi connectivity index (χ0n) is 11.5. The summed E-state index contributed by atoms with van der Waals surface area (Å²) in [7, 11) is 0. The third-order valence-electron chi connectivity index (χ3n) is 3.22. The molecule has 2 rings (SSSR count). The lowest BCUT2D eigenvalue weighted by Gasteiger charge is -2.15. The normalized spacial score (nSPS) is 12.4. The lowest BCUT2D eigenvalue weighted by Crippen LogP contribution is -2.18. The molecule has 0 heterocycles. The number of hydrogen-bond donors (Lipinski definition) is 1. The van der Waals surface area contributed by atoms with Crippen molar-refractivity contribution in [2.45, 2.75) is 24.4 Å². The van der Waals surface area contributed by atoms with Crippen LogP contribution < -0.4 is 5.32 Å². The maximum Gasteiger partial charge on any atom is 0.123 e. The molecular formula is C16H17BrFNS. The SMILES string of the molecule is CSc1ccc(C(C)NCc2cc(F)ccc2Br)cc1. The second kappa shape index (κ2) is 7.25. The number of rotatable bonds is 5. The Morgan fingerprint density at radius 2 is 1.90 bits per heavy atom. The van der Waals surface area contributed by atoms with Crippen LogP contribution in [0.15, 0.2) is 51.8 Å². The standard InChI is InChI=1S/C16H17BrFNS/c1-11(12-3-6-15(20-2)7-4-12)19-10-13-9-14(18)5-8-16(13)17/h3-9,11,19H,10H2,1-2H3. The molecule has 1 N–H and O–H groups in total. The van der Waals surface area contributed by atoms with E-state index in [1.165, 1.54) is 16.5 Å². The van der Waals surface area contributed by atoms with Gasteiger partial charge in [-0.25, -0.2) is 4.39 Å². The quantitative estimate of drug-likeness (QED) is 0.745. The van der Waals surface area contributed by atoms with Crippen molar-refractivity contribution in [1.29, 1.82) is 0 Å². The Labute approximate surface area is 132 Å². The van der Waals surface area contributed by atoms with Gasteiger partial charge in [-0.2, -0.15) is 0 Å². The summed E-state index contributed by atoms with van der Waals surface area (Å²) in [6.45, 7) is 2.74. The first-order valence-corrected chi connectivity index (χ1v) is 8.43. The van der Waals surface area contributed by atoms with Gasteiger partial charge in [0.1, 0.15) is 5.82 Å². The van der Waals surface area contributed by atoms with Gasteiger partial charge in [0.25, 0.3) is 0 Å². The average molecular weight is 354 g/mol. The molecule has 0 bridgehead atoms. The van der Waals surface area contributed by atoms with Crippen molar-refractivity contribution in [3.05, 3.63) is 63.9 Å². The van der Waals surface area contributed by atoms with Crippen LogP contribution in [0.25, 0.3) is 0 Å². The molecule has 1 nitrogen and oxygen atoms in total. The molecule has 0 saturated carbocycles. The number of thioether (sulfide) groups is 1. The fraction of sp³-hybridized carbons (Fsp3) is 0.250. The summed E-state index contributed by atoms with van der Waals surface area (Å²) in [5.41, 5.74) is 2.16. The van der Waals surface area contributed by atoms with Crippen LogP contribution in [0.5, 0.6) is 0 Å². The van der Waals surface area contributed by atoms with E-state index >= 15 is 0 Å². The minimum Gasteiger partial charge on any atom is -0.306 e. The Morgan fingerprint density at radius 3 is 2.55 bits per heavy atom. The van der Waals surface area contributed by atoms with Gasteiger partial charge in [-0.3, -0.25) is 0 Å². The molecule has 0 radical (unpaired) electrons. The molecule has 0 aliphatic rings. The fourth-order valence-electron chi connectivity index (χ4n) is 1.95. The molecule has 1 unspecified atom stereocenters. The summed E-state index contributed by atoms with van der Waals surface area (Å²) in [4.78, 5) is 1.26. The van der Waals surface area contributed by atoms with Crippen LogP contribution in [0.2, 0.25) is 0 Å². The zero-order valence-corrected chi connectivity index (χ0v) is 13.9. The molecule has 2 aromatic rings. The van der Waals surface area contributed by atoms with E-state index in [1.807, 2.05) is 0 Å². The Hall–Kier alpha value is -0.840. The predicted molar refractivity (Wildman–Crippen MR) is 87.6 cm³/mol. The van der Waals surface area contributed by atoms with E-state index < -0.39 is 0 Å². The van der Waals surface area contributed by atoms with E-state index in [9.17, 15) is 4.39 Å². The number of hydrogen-bond acceptors (Lipinski definition) is 2. The summed E-state index contributed by atoms with van der Waals surface area (Å²) in [5.74, 6) is -0.207. The summed E-state index contributed by atoms with van der Waals surface area (Å²) < 4.78 is 14.2. The first-order valence-electron chi connectivity index (χ1n) is 6.41. The number of halogens is 2. The lowest BCUT2D eigenvalue weighted by molar-refractivity contribution is 0.568. The average Bonchev–Trinajstić information content (AvgIpc) is 2.48. The van der Waals surface area contributed by atoms with Crippen LogP contribution in [0, 0.1) is 5.82 Å². The molecule has 20 heavy (non-hydrogen) atoms. The van der Waals surface area contributed by atoms with Crippen molar-refractivity contribution in [2.75, 3.05) is 6.26 Å². The molecule has 4 heteroatoms. The zero-order chi connectivity index (χ0) is 14.5. The van der Waals surface area contributed by atoms with Gasteiger partial charge in [0.2, 0.25) is 0 Å². The van der Waals surface area contributed by atoms with Gasteiger partial charge >= 0.3 is 0 Å². The second-order valence-electron chi connectivity index (χ2n) is 4.61. The van der Waals surface area contributed by atoms with Gasteiger partial charge in [-0.15, -0.1) is 11.8 Å². The van der Waals surface area contributed by atoms with Crippen LogP contribution in [-0.2, 0) is 6.54 Å². The van der Waals surface area contributed by atoms with Crippen molar-refractivity contribution in [3.8, 4) is 0 Å². The van der Waals surface area contributed by atoms with Gasteiger partial charge in [0.15, 0.2) is 0 Å².